The zero-order chi connectivity index (χ0) is 9.52. The van der Waals surface area contributed by atoms with E-state index in [1.807, 2.05) is 12.2 Å². The van der Waals surface area contributed by atoms with Crippen molar-refractivity contribution in [3.05, 3.63) is 29.1 Å². The van der Waals surface area contributed by atoms with Gasteiger partial charge in [-0.2, -0.15) is 0 Å². The molecule has 1 aromatic rings. The van der Waals surface area contributed by atoms with Crippen molar-refractivity contribution in [2.45, 2.75) is 0 Å². The molecule has 0 bridgehead atoms. The van der Waals surface area contributed by atoms with Crippen molar-refractivity contribution < 1.29 is 0 Å². The molecule has 0 saturated heterocycles. The van der Waals surface area contributed by atoms with Crippen LogP contribution in [-0.4, -0.2) is 23.1 Å². The summed E-state index contributed by atoms with van der Waals surface area (Å²) in [7, 11) is 0. The Morgan fingerprint density at radius 1 is 1.54 bits per heavy atom. The number of nitrogens with one attached hydrogen (secondary N) is 1. The Morgan fingerprint density at radius 3 is 3.08 bits per heavy atom. The standard InChI is InChI=1S/C8H11BrN4/c9-7-5-11-6-13-8(7)12-4-2-1-3-10/h1-2,5-6H,3-4,10H2,(H,11,12,13)/b2-1+. The smallest absolute Gasteiger partial charge is 0.143 e. The third-order valence-electron chi connectivity index (χ3n) is 1.36. The fourth-order valence-corrected chi connectivity index (χ4v) is 1.14. The number of hydrogen-bond donors (Lipinski definition) is 2. The van der Waals surface area contributed by atoms with Gasteiger partial charge in [0.05, 0.1) is 4.47 Å². The zero-order valence-electron chi connectivity index (χ0n) is 7.07. The fourth-order valence-electron chi connectivity index (χ4n) is 0.778. The molecule has 0 fully saturated rings. The van der Waals surface area contributed by atoms with E-state index in [1.54, 1.807) is 6.20 Å². The lowest BCUT2D eigenvalue weighted by Crippen LogP contribution is -2.02. The summed E-state index contributed by atoms with van der Waals surface area (Å²) in [5.41, 5.74) is 5.29. The van der Waals surface area contributed by atoms with Gasteiger partial charge in [-0.15, -0.1) is 0 Å². The molecule has 0 aromatic carbocycles. The molecule has 70 valence electrons. The number of rotatable bonds is 4. The summed E-state index contributed by atoms with van der Waals surface area (Å²) in [5, 5.41) is 3.11. The summed E-state index contributed by atoms with van der Waals surface area (Å²) in [4.78, 5) is 7.90. The molecule has 0 saturated carbocycles. The second-order valence-corrected chi connectivity index (χ2v) is 3.16. The highest BCUT2D eigenvalue weighted by Crippen LogP contribution is 2.16. The van der Waals surface area contributed by atoms with Gasteiger partial charge in [-0.25, -0.2) is 9.97 Å². The van der Waals surface area contributed by atoms with Crippen molar-refractivity contribution in [1.82, 2.24) is 9.97 Å². The number of halogens is 1. The highest BCUT2D eigenvalue weighted by Gasteiger charge is 1.96. The molecule has 1 aromatic heterocycles. The van der Waals surface area contributed by atoms with Crippen molar-refractivity contribution in [2.75, 3.05) is 18.4 Å². The highest BCUT2D eigenvalue weighted by molar-refractivity contribution is 9.10. The van der Waals surface area contributed by atoms with Crippen molar-refractivity contribution in [2.24, 2.45) is 5.73 Å². The van der Waals surface area contributed by atoms with Crippen molar-refractivity contribution in [3.63, 3.8) is 0 Å². The Balaban J connectivity index is 2.45. The van der Waals surface area contributed by atoms with Crippen LogP contribution in [0.1, 0.15) is 0 Å². The average molecular weight is 243 g/mol. The van der Waals surface area contributed by atoms with Gasteiger partial charge in [0, 0.05) is 19.3 Å². The van der Waals surface area contributed by atoms with Crippen LogP contribution < -0.4 is 11.1 Å². The van der Waals surface area contributed by atoms with Crippen LogP contribution in [0.25, 0.3) is 0 Å². The highest BCUT2D eigenvalue weighted by atomic mass is 79.9. The van der Waals surface area contributed by atoms with E-state index in [2.05, 4.69) is 31.2 Å². The van der Waals surface area contributed by atoms with Gasteiger partial charge in [0.2, 0.25) is 0 Å². The van der Waals surface area contributed by atoms with E-state index in [4.69, 9.17) is 5.73 Å². The van der Waals surface area contributed by atoms with Crippen LogP contribution in [0.5, 0.6) is 0 Å². The monoisotopic (exact) mass is 242 g/mol. The second kappa shape index (κ2) is 5.66. The number of hydrogen-bond acceptors (Lipinski definition) is 4. The molecular formula is C8H11BrN4. The molecule has 0 radical (unpaired) electrons. The first-order chi connectivity index (χ1) is 6.34. The molecule has 3 N–H and O–H groups in total. The summed E-state index contributed by atoms with van der Waals surface area (Å²) in [6.07, 6.45) is 7.04. The molecule has 0 aliphatic rings. The molecule has 1 heterocycles. The molecule has 1 rings (SSSR count). The zero-order valence-corrected chi connectivity index (χ0v) is 8.66. The molecule has 0 amide bonds. The minimum atomic E-state index is 0.562. The summed E-state index contributed by atoms with van der Waals surface area (Å²) >= 11 is 3.33. The van der Waals surface area contributed by atoms with Crippen LogP contribution in [0, 0.1) is 0 Å². The Labute approximate surface area is 85.4 Å². The van der Waals surface area contributed by atoms with E-state index in [1.165, 1.54) is 6.33 Å². The number of aromatic nitrogens is 2. The first kappa shape index (κ1) is 10.1. The van der Waals surface area contributed by atoms with Gasteiger partial charge < -0.3 is 11.1 Å². The van der Waals surface area contributed by atoms with Gasteiger partial charge in [-0.05, 0) is 15.9 Å². The van der Waals surface area contributed by atoms with Gasteiger partial charge in [0.15, 0.2) is 0 Å². The predicted molar refractivity (Wildman–Crippen MR) is 56.4 cm³/mol. The lowest BCUT2D eigenvalue weighted by molar-refractivity contribution is 1.12. The van der Waals surface area contributed by atoms with Crippen LogP contribution in [0.3, 0.4) is 0 Å². The van der Waals surface area contributed by atoms with Crippen LogP contribution in [0.15, 0.2) is 29.1 Å². The average Bonchev–Trinajstić information content (AvgIpc) is 2.15. The number of anilines is 1. The molecule has 13 heavy (non-hydrogen) atoms. The first-order valence-corrected chi connectivity index (χ1v) is 4.68. The van der Waals surface area contributed by atoms with Crippen LogP contribution in [0.4, 0.5) is 5.82 Å². The normalized spacial score (nSPS) is 10.6. The predicted octanol–water partition coefficient (Wildman–Crippen LogP) is 1.17. The van der Waals surface area contributed by atoms with E-state index >= 15 is 0 Å². The van der Waals surface area contributed by atoms with Crippen LogP contribution in [0.2, 0.25) is 0 Å². The fraction of sp³-hybridized carbons (Fsp3) is 0.250. The maximum atomic E-state index is 5.29. The Kier molecular flexibility index (Phi) is 4.42. The van der Waals surface area contributed by atoms with E-state index in [0.717, 1.165) is 10.3 Å². The maximum absolute atomic E-state index is 5.29. The van der Waals surface area contributed by atoms with E-state index in [-0.39, 0.29) is 0 Å². The van der Waals surface area contributed by atoms with Gasteiger partial charge in [0.25, 0.3) is 0 Å². The number of nitrogens with two attached hydrogens (primary N) is 1. The molecule has 5 heteroatoms. The third kappa shape index (κ3) is 3.52. The van der Waals surface area contributed by atoms with Gasteiger partial charge >= 0.3 is 0 Å². The van der Waals surface area contributed by atoms with Crippen molar-refractivity contribution in [1.29, 1.82) is 0 Å². The lowest BCUT2D eigenvalue weighted by atomic mass is 10.4. The Hall–Kier alpha value is -0.940. The van der Waals surface area contributed by atoms with E-state index in [9.17, 15) is 0 Å². The Morgan fingerprint density at radius 2 is 2.38 bits per heavy atom. The minimum absolute atomic E-state index is 0.562. The topological polar surface area (TPSA) is 63.8 Å². The van der Waals surface area contributed by atoms with Gasteiger partial charge in [0.1, 0.15) is 12.1 Å². The van der Waals surface area contributed by atoms with Gasteiger partial charge in [-0.3, -0.25) is 0 Å². The lowest BCUT2D eigenvalue weighted by Gasteiger charge is -2.02. The van der Waals surface area contributed by atoms with Crippen molar-refractivity contribution in [3.8, 4) is 0 Å². The molecular weight excluding hydrogens is 232 g/mol. The summed E-state index contributed by atoms with van der Waals surface area (Å²) in [6, 6.07) is 0. The quantitative estimate of drug-likeness (QED) is 0.779. The third-order valence-corrected chi connectivity index (χ3v) is 1.94. The molecule has 0 aliphatic heterocycles. The molecule has 0 atom stereocenters. The van der Waals surface area contributed by atoms with Crippen LogP contribution in [-0.2, 0) is 0 Å². The second-order valence-electron chi connectivity index (χ2n) is 2.31. The van der Waals surface area contributed by atoms with E-state index in [0.29, 0.717) is 13.1 Å². The summed E-state index contributed by atoms with van der Waals surface area (Å²) in [6.45, 7) is 1.28. The van der Waals surface area contributed by atoms with Crippen LogP contribution >= 0.6 is 15.9 Å². The summed E-state index contributed by atoms with van der Waals surface area (Å²) in [5.74, 6) is 0.789. The molecule has 0 spiro atoms. The molecule has 0 aliphatic carbocycles. The first-order valence-electron chi connectivity index (χ1n) is 3.89. The van der Waals surface area contributed by atoms with Gasteiger partial charge in [-0.1, -0.05) is 12.2 Å². The summed E-state index contributed by atoms with van der Waals surface area (Å²) < 4.78 is 0.858. The molecule has 4 nitrogen and oxygen atoms in total. The SMILES string of the molecule is NC/C=C/CNc1ncncc1Br. The Bertz CT molecular complexity index is 287. The number of nitrogens with zero attached hydrogens (tertiary/aromatic N) is 2. The maximum Gasteiger partial charge on any atom is 0.143 e. The largest absolute Gasteiger partial charge is 0.366 e. The molecule has 0 unspecified atom stereocenters. The minimum Gasteiger partial charge on any atom is -0.366 e. The van der Waals surface area contributed by atoms with Crippen molar-refractivity contribution >= 4 is 21.7 Å². The van der Waals surface area contributed by atoms with E-state index < -0.39 is 0 Å².